The molecule has 14 heavy (non-hydrogen) atoms. The molecule has 0 radical (unpaired) electrons. The predicted octanol–water partition coefficient (Wildman–Crippen LogP) is 2.93. The molecule has 0 amide bonds. The number of rotatable bonds is 4. The zero-order valence-electron chi connectivity index (χ0n) is 8.82. The van der Waals surface area contributed by atoms with E-state index >= 15 is 0 Å². The van der Waals surface area contributed by atoms with Gasteiger partial charge in [0.2, 0.25) is 0 Å². The standard InChI is InChI=1S/C11H16O3/c1-8(2)7-11(12)14-9(3)10-5-4-6-13-10/h4-6,8-9H,7H2,1-3H3. The quantitative estimate of drug-likeness (QED) is 0.695. The van der Waals surface area contributed by atoms with Gasteiger partial charge in [0.1, 0.15) is 5.76 Å². The van der Waals surface area contributed by atoms with E-state index in [0.29, 0.717) is 18.1 Å². The number of ether oxygens (including phenoxy) is 1. The summed E-state index contributed by atoms with van der Waals surface area (Å²) in [6.07, 6.45) is 1.73. The van der Waals surface area contributed by atoms with Crippen LogP contribution < -0.4 is 0 Å². The third-order valence-electron chi connectivity index (χ3n) is 1.83. The van der Waals surface area contributed by atoms with Gasteiger partial charge in [0, 0.05) is 6.42 Å². The van der Waals surface area contributed by atoms with Gasteiger partial charge in [-0.15, -0.1) is 0 Å². The zero-order chi connectivity index (χ0) is 10.6. The third kappa shape index (κ3) is 3.24. The Morgan fingerprint density at radius 1 is 1.50 bits per heavy atom. The molecule has 78 valence electrons. The molecule has 0 aromatic carbocycles. The number of carbonyl (C=O) groups is 1. The summed E-state index contributed by atoms with van der Waals surface area (Å²) in [7, 11) is 0. The second-order valence-corrected chi connectivity index (χ2v) is 3.75. The highest BCUT2D eigenvalue weighted by atomic mass is 16.5. The van der Waals surface area contributed by atoms with Gasteiger partial charge in [-0.2, -0.15) is 0 Å². The van der Waals surface area contributed by atoms with Gasteiger partial charge in [0.15, 0.2) is 6.10 Å². The van der Waals surface area contributed by atoms with E-state index in [9.17, 15) is 4.79 Å². The van der Waals surface area contributed by atoms with Crippen molar-refractivity contribution < 1.29 is 13.9 Å². The maximum absolute atomic E-state index is 11.3. The summed E-state index contributed by atoms with van der Waals surface area (Å²) in [6, 6.07) is 3.58. The van der Waals surface area contributed by atoms with Crippen LogP contribution in [0.3, 0.4) is 0 Å². The molecule has 3 heteroatoms. The molecule has 0 bridgehead atoms. The molecule has 0 N–H and O–H groups in total. The van der Waals surface area contributed by atoms with Gasteiger partial charge in [-0.1, -0.05) is 13.8 Å². The predicted molar refractivity (Wildman–Crippen MR) is 52.7 cm³/mol. The van der Waals surface area contributed by atoms with Crippen LogP contribution in [0.1, 0.15) is 39.1 Å². The van der Waals surface area contributed by atoms with E-state index in [4.69, 9.17) is 9.15 Å². The summed E-state index contributed by atoms with van der Waals surface area (Å²) in [5.74, 6) is 0.831. The van der Waals surface area contributed by atoms with Crippen LogP contribution in [0.4, 0.5) is 0 Å². The fraction of sp³-hybridized carbons (Fsp3) is 0.545. The smallest absolute Gasteiger partial charge is 0.306 e. The number of esters is 1. The molecule has 0 aliphatic rings. The fourth-order valence-corrected chi connectivity index (χ4v) is 1.16. The van der Waals surface area contributed by atoms with Crippen LogP contribution in [0.5, 0.6) is 0 Å². The Morgan fingerprint density at radius 3 is 2.71 bits per heavy atom. The highest BCUT2D eigenvalue weighted by Crippen LogP contribution is 2.18. The van der Waals surface area contributed by atoms with Crippen molar-refractivity contribution in [1.82, 2.24) is 0 Å². The van der Waals surface area contributed by atoms with Crippen LogP contribution in [0.15, 0.2) is 22.8 Å². The summed E-state index contributed by atoms with van der Waals surface area (Å²) >= 11 is 0. The van der Waals surface area contributed by atoms with E-state index in [1.54, 1.807) is 25.3 Å². The number of hydrogen-bond acceptors (Lipinski definition) is 3. The molecule has 0 saturated carbocycles. The topological polar surface area (TPSA) is 39.4 Å². The average Bonchev–Trinajstić information content (AvgIpc) is 2.53. The summed E-state index contributed by atoms with van der Waals surface area (Å²) in [6.45, 7) is 5.77. The molecular weight excluding hydrogens is 180 g/mol. The van der Waals surface area contributed by atoms with Gasteiger partial charge in [0.05, 0.1) is 6.26 Å². The Hall–Kier alpha value is -1.25. The van der Waals surface area contributed by atoms with Crippen molar-refractivity contribution >= 4 is 5.97 Å². The van der Waals surface area contributed by atoms with Crippen molar-refractivity contribution in [1.29, 1.82) is 0 Å². The van der Waals surface area contributed by atoms with E-state index in [0.717, 1.165) is 0 Å². The zero-order valence-corrected chi connectivity index (χ0v) is 8.82. The molecule has 3 nitrogen and oxygen atoms in total. The normalized spacial score (nSPS) is 12.9. The van der Waals surface area contributed by atoms with Gasteiger partial charge in [0.25, 0.3) is 0 Å². The molecule has 1 atom stereocenters. The van der Waals surface area contributed by atoms with Gasteiger partial charge in [-0.05, 0) is 25.0 Å². The highest BCUT2D eigenvalue weighted by molar-refractivity contribution is 5.69. The Kier molecular flexibility index (Phi) is 3.74. The largest absolute Gasteiger partial charge is 0.465 e. The van der Waals surface area contributed by atoms with Crippen LogP contribution in [0.2, 0.25) is 0 Å². The first-order chi connectivity index (χ1) is 6.59. The Balaban J connectivity index is 2.41. The van der Waals surface area contributed by atoms with Crippen LogP contribution >= 0.6 is 0 Å². The van der Waals surface area contributed by atoms with E-state index in [2.05, 4.69) is 0 Å². The van der Waals surface area contributed by atoms with Gasteiger partial charge < -0.3 is 9.15 Å². The molecule has 0 spiro atoms. The van der Waals surface area contributed by atoms with E-state index in [1.165, 1.54) is 0 Å². The first kappa shape index (κ1) is 10.8. The van der Waals surface area contributed by atoms with Crippen LogP contribution in [0.25, 0.3) is 0 Å². The van der Waals surface area contributed by atoms with Crippen LogP contribution in [0, 0.1) is 5.92 Å². The number of furan rings is 1. The van der Waals surface area contributed by atoms with Crippen molar-refractivity contribution in [3.8, 4) is 0 Å². The lowest BCUT2D eigenvalue weighted by atomic mass is 10.1. The minimum absolute atomic E-state index is 0.177. The second kappa shape index (κ2) is 4.84. The Bertz CT molecular complexity index is 275. The van der Waals surface area contributed by atoms with Crippen LogP contribution in [-0.4, -0.2) is 5.97 Å². The minimum atomic E-state index is -0.295. The van der Waals surface area contributed by atoms with Crippen molar-refractivity contribution in [3.63, 3.8) is 0 Å². The number of carbonyl (C=O) groups excluding carboxylic acids is 1. The van der Waals surface area contributed by atoms with Crippen molar-refractivity contribution in [2.75, 3.05) is 0 Å². The van der Waals surface area contributed by atoms with Gasteiger partial charge >= 0.3 is 5.97 Å². The Morgan fingerprint density at radius 2 is 2.21 bits per heavy atom. The van der Waals surface area contributed by atoms with Crippen molar-refractivity contribution in [2.24, 2.45) is 5.92 Å². The second-order valence-electron chi connectivity index (χ2n) is 3.75. The molecule has 0 aliphatic carbocycles. The van der Waals surface area contributed by atoms with E-state index in [1.807, 2.05) is 13.8 Å². The molecule has 1 aromatic heterocycles. The maximum atomic E-state index is 11.3. The lowest BCUT2D eigenvalue weighted by Crippen LogP contribution is -2.10. The SMILES string of the molecule is CC(C)CC(=O)OC(C)c1ccco1. The summed E-state index contributed by atoms with van der Waals surface area (Å²) in [4.78, 5) is 11.3. The molecule has 1 unspecified atom stereocenters. The lowest BCUT2D eigenvalue weighted by molar-refractivity contribution is -0.150. The lowest BCUT2D eigenvalue weighted by Gasteiger charge is -2.11. The fourth-order valence-electron chi connectivity index (χ4n) is 1.16. The van der Waals surface area contributed by atoms with E-state index < -0.39 is 0 Å². The molecule has 0 fully saturated rings. The summed E-state index contributed by atoms with van der Waals surface area (Å²) in [5, 5.41) is 0. The average molecular weight is 196 g/mol. The van der Waals surface area contributed by atoms with Gasteiger partial charge in [-0.3, -0.25) is 4.79 Å². The van der Waals surface area contributed by atoms with Crippen molar-refractivity contribution in [3.05, 3.63) is 24.2 Å². The molecule has 0 aliphatic heterocycles. The van der Waals surface area contributed by atoms with Crippen molar-refractivity contribution in [2.45, 2.75) is 33.3 Å². The highest BCUT2D eigenvalue weighted by Gasteiger charge is 2.14. The maximum Gasteiger partial charge on any atom is 0.306 e. The monoisotopic (exact) mass is 196 g/mol. The van der Waals surface area contributed by atoms with Crippen LogP contribution in [-0.2, 0) is 9.53 Å². The third-order valence-corrected chi connectivity index (χ3v) is 1.83. The molecule has 1 rings (SSSR count). The molecule has 1 aromatic rings. The van der Waals surface area contributed by atoms with E-state index in [-0.39, 0.29) is 12.1 Å². The molecule has 0 saturated heterocycles. The Labute approximate surface area is 84.1 Å². The first-order valence-electron chi connectivity index (χ1n) is 4.82. The number of hydrogen-bond donors (Lipinski definition) is 0. The summed E-state index contributed by atoms with van der Waals surface area (Å²) in [5.41, 5.74) is 0. The molecule has 1 heterocycles. The van der Waals surface area contributed by atoms with Gasteiger partial charge in [-0.25, -0.2) is 0 Å². The summed E-state index contributed by atoms with van der Waals surface area (Å²) < 4.78 is 10.3. The molecular formula is C11H16O3. The first-order valence-corrected chi connectivity index (χ1v) is 4.82. The minimum Gasteiger partial charge on any atom is -0.465 e.